The number of benzene rings is 3. The lowest BCUT2D eigenvalue weighted by atomic mass is 9.98. The Kier molecular flexibility index (Phi) is 6.81. The molecule has 0 heterocycles. The molecule has 0 saturated heterocycles. The molecule has 0 spiro atoms. The van der Waals surface area contributed by atoms with Gasteiger partial charge in [0, 0.05) is 17.4 Å². The molecule has 3 aromatic rings. The van der Waals surface area contributed by atoms with Crippen LogP contribution in [0.2, 0.25) is 0 Å². The summed E-state index contributed by atoms with van der Waals surface area (Å²) in [7, 11) is 0. The molecule has 1 atom stereocenters. The second-order valence-electron chi connectivity index (χ2n) is 7.86. The van der Waals surface area contributed by atoms with Crippen LogP contribution in [0.3, 0.4) is 0 Å². The summed E-state index contributed by atoms with van der Waals surface area (Å²) in [5.74, 6) is -0.202. The Bertz CT molecular complexity index is 1070. The van der Waals surface area contributed by atoms with Crippen LogP contribution in [0.15, 0.2) is 72.8 Å². The summed E-state index contributed by atoms with van der Waals surface area (Å²) in [5.41, 5.74) is 6.82. The molecule has 3 aromatic carbocycles. The van der Waals surface area contributed by atoms with Crippen LogP contribution in [-0.4, -0.2) is 35.6 Å². The number of hydrogen-bond donors (Lipinski definition) is 2. The molecule has 0 fully saturated rings. The highest BCUT2D eigenvalue weighted by Crippen LogP contribution is 2.44. The molecule has 1 amide bonds. The number of aryl methyl sites for hydroxylation is 1. The zero-order valence-electron chi connectivity index (χ0n) is 17.8. The number of amides is 1. The van der Waals surface area contributed by atoms with E-state index in [0.717, 1.165) is 27.8 Å². The van der Waals surface area contributed by atoms with Crippen LogP contribution in [0, 0.1) is 6.92 Å². The van der Waals surface area contributed by atoms with E-state index >= 15 is 0 Å². The molecular formula is C26H25NO4S. The summed E-state index contributed by atoms with van der Waals surface area (Å²) >= 11 is 1.46. The number of carbonyl (C=O) groups is 2. The monoisotopic (exact) mass is 447 g/mol. The number of hydrogen-bond acceptors (Lipinski definition) is 4. The van der Waals surface area contributed by atoms with Crippen LogP contribution in [-0.2, 0) is 15.3 Å². The van der Waals surface area contributed by atoms with E-state index in [1.165, 1.54) is 17.3 Å². The van der Waals surface area contributed by atoms with Crippen LogP contribution < -0.4 is 5.32 Å². The lowest BCUT2D eigenvalue weighted by Crippen LogP contribution is -2.43. The Hall–Kier alpha value is -3.25. The molecule has 4 rings (SSSR count). The average molecular weight is 448 g/mol. The predicted molar refractivity (Wildman–Crippen MR) is 127 cm³/mol. The molecule has 2 N–H and O–H groups in total. The summed E-state index contributed by atoms with van der Waals surface area (Å²) in [4.78, 5) is 24.0. The van der Waals surface area contributed by atoms with Crippen molar-refractivity contribution in [2.75, 3.05) is 12.4 Å². The smallest absolute Gasteiger partial charge is 0.407 e. The topological polar surface area (TPSA) is 75.6 Å². The molecule has 1 unspecified atom stereocenters. The number of carboxylic acid groups (broad SMARTS) is 1. The third-order valence-electron chi connectivity index (χ3n) is 5.61. The van der Waals surface area contributed by atoms with Gasteiger partial charge in [-0.1, -0.05) is 78.4 Å². The molecule has 0 aliphatic heterocycles. The molecule has 5 nitrogen and oxygen atoms in total. The number of nitrogens with one attached hydrogen (secondary N) is 1. The number of fused-ring (bicyclic) bond motifs is 3. The fraction of sp³-hybridized carbons (Fsp3) is 0.231. The predicted octanol–water partition coefficient (Wildman–Crippen LogP) is 5.22. The molecule has 0 aromatic heterocycles. The first-order valence-electron chi connectivity index (χ1n) is 10.5. The van der Waals surface area contributed by atoms with Gasteiger partial charge in [0.2, 0.25) is 0 Å². The van der Waals surface area contributed by atoms with E-state index in [2.05, 4.69) is 17.4 Å². The van der Waals surface area contributed by atoms with Crippen molar-refractivity contribution in [2.45, 2.75) is 24.6 Å². The lowest BCUT2D eigenvalue weighted by Gasteiger charge is -2.17. The molecule has 6 heteroatoms. The molecule has 0 bridgehead atoms. The van der Waals surface area contributed by atoms with E-state index in [1.807, 2.05) is 67.6 Å². The lowest BCUT2D eigenvalue weighted by molar-refractivity contribution is -0.138. The fourth-order valence-electron chi connectivity index (χ4n) is 3.94. The van der Waals surface area contributed by atoms with Gasteiger partial charge in [-0.05, 0) is 34.7 Å². The van der Waals surface area contributed by atoms with Crippen molar-refractivity contribution in [3.05, 3.63) is 95.1 Å². The fourth-order valence-corrected chi connectivity index (χ4v) is 4.94. The summed E-state index contributed by atoms with van der Waals surface area (Å²) < 4.78 is 5.48. The number of thioether (sulfide) groups is 1. The van der Waals surface area contributed by atoms with E-state index in [1.54, 1.807) is 0 Å². The van der Waals surface area contributed by atoms with E-state index in [0.29, 0.717) is 5.75 Å². The van der Waals surface area contributed by atoms with Gasteiger partial charge in [0.25, 0.3) is 0 Å². The Morgan fingerprint density at radius 2 is 1.56 bits per heavy atom. The molecular weight excluding hydrogens is 422 g/mol. The van der Waals surface area contributed by atoms with Gasteiger partial charge in [0.1, 0.15) is 12.6 Å². The maximum atomic E-state index is 12.4. The van der Waals surface area contributed by atoms with Gasteiger partial charge in [0.05, 0.1) is 0 Å². The number of alkyl carbamates (subject to hydrolysis) is 1. The third kappa shape index (κ3) is 4.97. The Morgan fingerprint density at radius 3 is 2.16 bits per heavy atom. The molecule has 164 valence electrons. The summed E-state index contributed by atoms with van der Waals surface area (Å²) in [6, 6.07) is 23.3. The molecule has 0 saturated carbocycles. The number of carboxylic acids is 1. The highest BCUT2D eigenvalue weighted by atomic mass is 32.2. The second-order valence-corrected chi connectivity index (χ2v) is 8.89. The van der Waals surface area contributed by atoms with Crippen molar-refractivity contribution in [3.8, 4) is 11.1 Å². The number of ether oxygens (including phenoxy) is 1. The van der Waals surface area contributed by atoms with Crippen molar-refractivity contribution >= 4 is 23.8 Å². The van der Waals surface area contributed by atoms with Crippen LogP contribution in [0.4, 0.5) is 4.79 Å². The molecule has 1 aliphatic rings. The minimum Gasteiger partial charge on any atom is -0.480 e. The van der Waals surface area contributed by atoms with E-state index in [9.17, 15) is 14.7 Å². The average Bonchev–Trinajstić information content (AvgIpc) is 3.12. The normalized spacial score (nSPS) is 13.2. The summed E-state index contributed by atoms with van der Waals surface area (Å²) in [5, 5.41) is 12.0. The SMILES string of the molecule is Cc1ccc(CSCC(NC(=O)OCC2c3ccccc3-c3ccccc32)C(=O)O)cc1. The quantitative estimate of drug-likeness (QED) is 0.495. The van der Waals surface area contributed by atoms with Gasteiger partial charge >= 0.3 is 12.1 Å². The van der Waals surface area contributed by atoms with Crippen molar-refractivity contribution in [1.29, 1.82) is 0 Å². The van der Waals surface area contributed by atoms with Crippen molar-refractivity contribution in [2.24, 2.45) is 0 Å². The van der Waals surface area contributed by atoms with Gasteiger partial charge in [-0.3, -0.25) is 0 Å². The Balaban J connectivity index is 1.33. The first-order valence-corrected chi connectivity index (χ1v) is 11.7. The first kappa shape index (κ1) is 22.0. The largest absolute Gasteiger partial charge is 0.480 e. The highest BCUT2D eigenvalue weighted by molar-refractivity contribution is 7.98. The highest BCUT2D eigenvalue weighted by Gasteiger charge is 2.29. The minimum absolute atomic E-state index is 0.0626. The van der Waals surface area contributed by atoms with Gasteiger partial charge < -0.3 is 15.2 Å². The number of carbonyl (C=O) groups excluding carboxylic acids is 1. The van der Waals surface area contributed by atoms with Crippen LogP contribution >= 0.6 is 11.8 Å². The summed E-state index contributed by atoms with van der Waals surface area (Å²) in [6.45, 7) is 2.18. The minimum atomic E-state index is -1.07. The maximum Gasteiger partial charge on any atom is 0.407 e. The van der Waals surface area contributed by atoms with Gasteiger partial charge in [-0.2, -0.15) is 11.8 Å². The maximum absolute atomic E-state index is 12.4. The van der Waals surface area contributed by atoms with Crippen LogP contribution in [0.1, 0.15) is 28.2 Å². The number of rotatable bonds is 8. The molecule has 1 aliphatic carbocycles. The van der Waals surface area contributed by atoms with Crippen molar-refractivity contribution < 1.29 is 19.4 Å². The summed E-state index contributed by atoms with van der Waals surface area (Å²) in [6.07, 6.45) is -0.713. The third-order valence-corrected chi connectivity index (χ3v) is 6.71. The molecule has 0 radical (unpaired) electrons. The van der Waals surface area contributed by atoms with Gasteiger partial charge in [0.15, 0.2) is 0 Å². The van der Waals surface area contributed by atoms with Crippen LogP contribution in [0.5, 0.6) is 0 Å². The van der Waals surface area contributed by atoms with Crippen molar-refractivity contribution in [3.63, 3.8) is 0 Å². The molecule has 32 heavy (non-hydrogen) atoms. The van der Waals surface area contributed by atoms with Gasteiger partial charge in [-0.15, -0.1) is 0 Å². The Labute approximate surface area is 191 Å². The van der Waals surface area contributed by atoms with E-state index in [4.69, 9.17) is 4.74 Å². The Morgan fingerprint density at radius 1 is 0.969 bits per heavy atom. The zero-order chi connectivity index (χ0) is 22.5. The second kappa shape index (κ2) is 9.92. The number of aliphatic carboxylic acids is 1. The van der Waals surface area contributed by atoms with Crippen molar-refractivity contribution in [1.82, 2.24) is 5.32 Å². The zero-order valence-corrected chi connectivity index (χ0v) is 18.6. The van der Waals surface area contributed by atoms with E-state index in [-0.39, 0.29) is 18.3 Å². The standard InChI is InChI=1S/C26H25NO4S/c1-17-10-12-18(13-11-17)15-32-16-24(25(28)29)27-26(30)31-14-23-21-8-4-2-6-19(21)20-7-3-5-9-22(20)23/h2-13,23-24H,14-16H2,1H3,(H,27,30)(H,28,29). The first-order chi connectivity index (χ1) is 15.5. The van der Waals surface area contributed by atoms with Gasteiger partial charge in [-0.25, -0.2) is 9.59 Å². The van der Waals surface area contributed by atoms with E-state index < -0.39 is 18.1 Å². The van der Waals surface area contributed by atoms with Crippen LogP contribution in [0.25, 0.3) is 11.1 Å².